The molecule has 3 nitrogen and oxygen atoms in total. The molecule has 0 spiro atoms. The summed E-state index contributed by atoms with van der Waals surface area (Å²) in [5, 5.41) is 3.04. The van der Waals surface area contributed by atoms with Crippen LogP contribution in [0.5, 0.6) is 0 Å². The lowest BCUT2D eigenvalue weighted by molar-refractivity contribution is 0.0934. The molecule has 0 unspecified atom stereocenters. The summed E-state index contributed by atoms with van der Waals surface area (Å²) in [5.74, 6) is -0.0688. The van der Waals surface area contributed by atoms with E-state index in [2.05, 4.69) is 41.7 Å². The van der Waals surface area contributed by atoms with E-state index in [0.29, 0.717) is 18.3 Å². The lowest BCUT2D eigenvalue weighted by Gasteiger charge is -2.30. The summed E-state index contributed by atoms with van der Waals surface area (Å²) in [6, 6.07) is 24.6. The van der Waals surface area contributed by atoms with E-state index in [4.69, 9.17) is 12.2 Å². The Bertz CT molecular complexity index is 989. The first-order valence-corrected chi connectivity index (χ1v) is 9.77. The Hall–Kier alpha value is -2.72. The summed E-state index contributed by atoms with van der Waals surface area (Å²) in [4.78, 5) is 12.7. The van der Waals surface area contributed by atoms with Gasteiger partial charge < -0.3 is 9.88 Å². The second kappa shape index (κ2) is 7.89. The molecule has 1 aromatic heterocycles. The molecule has 1 fully saturated rings. The molecule has 1 heterocycles. The molecule has 4 rings (SSSR count). The van der Waals surface area contributed by atoms with Crippen LogP contribution in [-0.4, -0.2) is 10.5 Å². The van der Waals surface area contributed by atoms with E-state index < -0.39 is 0 Å². The number of pyridine rings is 1. The Morgan fingerprint density at radius 1 is 0.926 bits per heavy atom. The van der Waals surface area contributed by atoms with Crippen LogP contribution in [-0.2, 0) is 6.54 Å². The third kappa shape index (κ3) is 3.86. The van der Waals surface area contributed by atoms with Gasteiger partial charge in [0.25, 0.3) is 5.91 Å². The predicted octanol–water partition coefficient (Wildman–Crippen LogP) is 5.54. The van der Waals surface area contributed by atoms with Crippen LogP contribution in [0.3, 0.4) is 0 Å². The fraction of sp³-hybridized carbons (Fsp3) is 0.217. The summed E-state index contributed by atoms with van der Waals surface area (Å²) in [6.07, 6.45) is 3.40. The maximum absolute atomic E-state index is 12.7. The lowest BCUT2D eigenvalue weighted by Crippen LogP contribution is -2.30. The van der Waals surface area contributed by atoms with Gasteiger partial charge in [-0.1, -0.05) is 72.9 Å². The molecule has 136 valence electrons. The van der Waals surface area contributed by atoms with Gasteiger partial charge in [-0.15, -0.1) is 0 Å². The highest BCUT2D eigenvalue weighted by Gasteiger charge is 2.23. The Morgan fingerprint density at radius 2 is 1.63 bits per heavy atom. The highest BCUT2D eigenvalue weighted by molar-refractivity contribution is 7.71. The third-order valence-corrected chi connectivity index (χ3v) is 5.51. The second-order valence-electron chi connectivity index (χ2n) is 6.95. The minimum absolute atomic E-state index is 0.0688. The molecule has 0 saturated heterocycles. The van der Waals surface area contributed by atoms with Crippen LogP contribution in [0.2, 0.25) is 0 Å². The van der Waals surface area contributed by atoms with Gasteiger partial charge in [-0.25, -0.2) is 0 Å². The number of rotatable bonds is 5. The van der Waals surface area contributed by atoms with Crippen molar-refractivity contribution >= 4 is 18.1 Å². The average molecular weight is 375 g/mol. The van der Waals surface area contributed by atoms with Crippen molar-refractivity contribution in [3.05, 3.63) is 88.7 Å². The highest BCUT2D eigenvalue weighted by atomic mass is 32.1. The minimum atomic E-state index is -0.0688. The van der Waals surface area contributed by atoms with Gasteiger partial charge in [0.2, 0.25) is 0 Å². The first-order chi connectivity index (χ1) is 13.2. The van der Waals surface area contributed by atoms with E-state index in [1.54, 1.807) is 0 Å². The average Bonchev–Trinajstić information content (AvgIpc) is 2.67. The molecule has 27 heavy (non-hydrogen) atoms. The van der Waals surface area contributed by atoms with Crippen molar-refractivity contribution in [1.82, 2.24) is 9.88 Å². The topological polar surface area (TPSA) is 34.0 Å². The van der Waals surface area contributed by atoms with Gasteiger partial charge in [-0.3, -0.25) is 4.79 Å². The second-order valence-corrected chi connectivity index (χ2v) is 7.37. The van der Waals surface area contributed by atoms with Gasteiger partial charge in [0.05, 0.1) is 0 Å². The Balaban J connectivity index is 1.46. The zero-order valence-electron chi connectivity index (χ0n) is 15.1. The van der Waals surface area contributed by atoms with Crippen LogP contribution >= 0.6 is 12.2 Å². The largest absolute Gasteiger partial charge is 0.347 e. The van der Waals surface area contributed by atoms with E-state index in [1.807, 2.05) is 41.0 Å². The standard InChI is InChI=1S/C23H22N2OS/c26-23(21-10-5-11-22(27)25(21)20-8-4-9-20)24-16-17-12-14-19(15-13-17)18-6-2-1-3-7-18/h1-3,5-7,10-15,20H,4,8-9,16H2,(H,24,26). The van der Waals surface area contributed by atoms with Crippen molar-refractivity contribution in [3.8, 4) is 11.1 Å². The monoisotopic (exact) mass is 374 g/mol. The fourth-order valence-electron chi connectivity index (χ4n) is 3.43. The van der Waals surface area contributed by atoms with Crippen molar-refractivity contribution < 1.29 is 4.79 Å². The molecule has 3 aromatic rings. The summed E-state index contributed by atoms with van der Waals surface area (Å²) in [6.45, 7) is 0.500. The van der Waals surface area contributed by atoms with Crippen molar-refractivity contribution in [2.45, 2.75) is 31.8 Å². The molecule has 2 aromatic carbocycles. The van der Waals surface area contributed by atoms with Crippen LogP contribution in [0.25, 0.3) is 11.1 Å². The summed E-state index contributed by atoms with van der Waals surface area (Å²) >= 11 is 5.46. The number of hydrogen-bond acceptors (Lipinski definition) is 2. The normalized spacial score (nSPS) is 13.8. The van der Waals surface area contributed by atoms with Crippen molar-refractivity contribution in [1.29, 1.82) is 0 Å². The quantitative estimate of drug-likeness (QED) is 0.595. The first-order valence-electron chi connectivity index (χ1n) is 9.36. The maximum Gasteiger partial charge on any atom is 0.268 e. The summed E-state index contributed by atoms with van der Waals surface area (Å²) < 4.78 is 2.76. The van der Waals surface area contributed by atoms with E-state index in [9.17, 15) is 4.79 Å². The molecule has 0 aliphatic heterocycles. The molecular formula is C23H22N2OS. The van der Waals surface area contributed by atoms with E-state index in [0.717, 1.165) is 23.0 Å². The number of amides is 1. The molecule has 0 bridgehead atoms. The number of carbonyl (C=O) groups is 1. The van der Waals surface area contributed by atoms with Crippen molar-refractivity contribution in [3.63, 3.8) is 0 Å². The number of carbonyl (C=O) groups excluding carboxylic acids is 1. The van der Waals surface area contributed by atoms with E-state index in [1.165, 1.54) is 17.5 Å². The third-order valence-electron chi connectivity index (χ3n) is 5.18. The van der Waals surface area contributed by atoms with Crippen molar-refractivity contribution in [2.24, 2.45) is 0 Å². The SMILES string of the molecule is O=C(NCc1ccc(-c2ccccc2)cc1)c1cccc(=S)n1C1CCC1. The number of benzene rings is 2. The molecule has 0 radical (unpaired) electrons. The zero-order valence-corrected chi connectivity index (χ0v) is 15.9. The minimum Gasteiger partial charge on any atom is -0.347 e. The maximum atomic E-state index is 12.7. The van der Waals surface area contributed by atoms with Gasteiger partial charge in [-0.05, 0) is 48.1 Å². The van der Waals surface area contributed by atoms with Crippen LogP contribution in [0.4, 0.5) is 0 Å². The summed E-state index contributed by atoms with van der Waals surface area (Å²) in [5.41, 5.74) is 4.10. The molecule has 0 atom stereocenters. The number of nitrogens with one attached hydrogen (secondary N) is 1. The number of aromatic nitrogens is 1. The lowest BCUT2D eigenvalue weighted by atomic mass is 9.92. The molecular weight excluding hydrogens is 352 g/mol. The van der Waals surface area contributed by atoms with E-state index >= 15 is 0 Å². The number of hydrogen-bond donors (Lipinski definition) is 1. The molecule has 1 saturated carbocycles. The molecule has 1 amide bonds. The van der Waals surface area contributed by atoms with Crippen LogP contribution in [0.1, 0.15) is 41.4 Å². The van der Waals surface area contributed by atoms with E-state index in [-0.39, 0.29) is 5.91 Å². The zero-order chi connectivity index (χ0) is 18.6. The van der Waals surface area contributed by atoms with Crippen LogP contribution < -0.4 is 5.32 Å². The Morgan fingerprint density at radius 3 is 2.30 bits per heavy atom. The highest BCUT2D eigenvalue weighted by Crippen LogP contribution is 2.32. The summed E-state index contributed by atoms with van der Waals surface area (Å²) in [7, 11) is 0. The Labute approximate surface area is 164 Å². The first kappa shape index (κ1) is 17.7. The fourth-order valence-corrected chi connectivity index (χ4v) is 3.75. The van der Waals surface area contributed by atoms with Gasteiger partial charge in [0.15, 0.2) is 0 Å². The molecule has 4 heteroatoms. The Kier molecular flexibility index (Phi) is 5.16. The molecule has 1 N–H and O–H groups in total. The smallest absolute Gasteiger partial charge is 0.268 e. The van der Waals surface area contributed by atoms with Gasteiger partial charge in [0, 0.05) is 12.6 Å². The van der Waals surface area contributed by atoms with Crippen molar-refractivity contribution in [2.75, 3.05) is 0 Å². The van der Waals surface area contributed by atoms with Crippen LogP contribution in [0.15, 0.2) is 72.8 Å². The molecule has 1 aliphatic rings. The molecule has 1 aliphatic carbocycles. The predicted molar refractivity (Wildman–Crippen MR) is 111 cm³/mol. The number of nitrogens with zero attached hydrogens (tertiary/aromatic N) is 1. The van der Waals surface area contributed by atoms with Gasteiger partial charge >= 0.3 is 0 Å². The van der Waals surface area contributed by atoms with Gasteiger partial charge in [-0.2, -0.15) is 0 Å². The van der Waals surface area contributed by atoms with Gasteiger partial charge in [0.1, 0.15) is 10.3 Å². The van der Waals surface area contributed by atoms with Crippen LogP contribution in [0, 0.1) is 4.64 Å².